The second kappa shape index (κ2) is 14.6. The minimum Gasteiger partial charge on any atom is -0.423 e. The predicted molar refractivity (Wildman–Crippen MR) is 186 cm³/mol. The summed E-state index contributed by atoms with van der Waals surface area (Å²) in [5.74, 6) is -0.187. The summed E-state index contributed by atoms with van der Waals surface area (Å²) in [6, 6.07) is 41.0. The first-order chi connectivity index (χ1) is 23.0. The molecule has 5 nitrogen and oxygen atoms in total. The molecule has 0 spiro atoms. The summed E-state index contributed by atoms with van der Waals surface area (Å²) in [7, 11) is 0. The van der Waals surface area contributed by atoms with Crippen molar-refractivity contribution in [3.05, 3.63) is 185 Å². The van der Waals surface area contributed by atoms with Gasteiger partial charge in [0.15, 0.2) is 5.78 Å². The van der Waals surface area contributed by atoms with Crippen molar-refractivity contribution in [3.8, 4) is 11.5 Å². The van der Waals surface area contributed by atoms with E-state index in [1.54, 1.807) is 36.4 Å². The van der Waals surface area contributed by atoms with Crippen LogP contribution in [0.25, 0.3) is 29.9 Å². The van der Waals surface area contributed by atoms with E-state index >= 15 is 0 Å². The van der Waals surface area contributed by atoms with Crippen molar-refractivity contribution in [1.82, 2.24) is 0 Å². The maximum absolute atomic E-state index is 13.8. The Balaban J connectivity index is 1.15. The van der Waals surface area contributed by atoms with Gasteiger partial charge < -0.3 is 9.47 Å². The molecule has 5 aromatic rings. The Kier molecular flexibility index (Phi) is 9.55. The number of hydrogen-bond donors (Lipinski definition) is 0. The summed E-state index contributed by atoms with van der Waals surface area (Å²) in [6.07, 6.45) is 10.4. The molecule has 0 amide bonds. The molecule has 0 unspecified atom stereocenters. The van der Waals surface area contributed by atoms with E-state index in [-0.39, 0.29) is 5.78 Å². The van der Waals surface area contributed by atoms with Gasteiger partial charge in [0.05, 0.1) is 0 Å². The molecule has 1 aliphatic rings. The van der Waals surface area contributed by atoms with Crippen LogP contribution in [0.1, 0.15) is 33.4 Å². The van der Waals surface area contributed by atoms with Crippen LogP contribution < -0.4 is 9.47 Å². The van der Waals surface area contributed by atoms with Gasteiger partial charge in [-0.05, 0) is 82.0 Å². The van der Waals surface area contributed by atoms with Crippen LogP contribution in [0.5, 0.6) is 11.5 Å². The summed E-state index contributed by atoms with van der Waals surface area (Å²) < 4.78 is 10.9. The number of fused-ring (bicyclic) bond motifs is 1. The number of esters is 2. The maximum atomic E-state index is 13.8. The fourth-order valence-corrected chi connectivity index (χ4v) is 5.17. The Morgan fingerprint density at radius 2 is 0.979 bits per heavy atom. The molecule has 228 valence electrons. The summed E-state index contributed by atoms with van der Waals surface area (Å²) >= 11 is 0. The van der Waals surface area contributed by atoms with Gasteiger partial charge in [-0.25, -0.2) is 9.59 Å². The van der Waals surface area contributed by atoms with Crippen molar-refractivity contribution in [2.75, 3.05) is 0 Å². The summed E-state index contributed by atoms with van der Waals surface area (Å²) in [6.45, 7) is 0. The Hall–Kier alpha value is -6.33. The topological polar surface area (TPSA) is 69.7 Å². The van der Waals surface area contributed by atoms with Crippen molar-refractivity contribution < 1.29 is 23.9 Å². The first-order valence-electron chi connectivity index (χ1n) is 15.2. The Morgan fingerprint density at radius 1 is 0.511 bits per heavy atom. The van der Waals surface area contributed by atoms with E-state index in [9.17, 15) is 14.4 Å². The highest BCUT2D eigenvalue weighted by Gasteiger charge is 2.25. The van der Waals surface area contributed by atoms with Gasteiger partial charge >= 0.3 is 11.9 Å². The lowest BCUT2D eigenvalue weighted by Crippen LogP contribution is -2.16. The number of carbonyl (C=O) groups excluding carboxylic acids is 3. The monoisotopic (exact) mass is 614 g/mol. The van der Waals surface area contributed by atoms with Crippen molar-refractivity contribution in [2.24, 2.45) is 0 Å². The van der Waals surface area contributed by atoms with Crippen LogP contribution in [-0.2, 0) is 20.8 Å². The molecule has 0 aromatic heterocycles. The molecule has 0 N–H and O–H groups in total. The van der Waals surface area contributed by atoms with Crippen LogP contribution in [0.3, 0.4) is 0 Å². The van der Waals surface area contributed by atoms with Gasteiger partial charge in [0.25, 0.3) is 0 Å². The van der Waals surface area contributed by atoms with Crippen molar-refractivity contribution in [3.63, 3.8) is 0 Å². The molecule has 0 atom stereocenters. The molecule has 5 aromatic carbocycles. The summed E-state index contributed by atoms with van der Waals surface area (Å²) in [5.41, 5.74) is 6.62. The third-order valence-electron chi connectivity index (χ3n) is 7.50. The second-order valence-corrected chi connectivity index (χ2v) is 10.9. The quantitative estimate of drug-likeness (QED) is 0.0994. The molecule has 6 rings (SSSR count). The standard InChI is InChI=1S/C42H30O5/c43-40(25-19-30-9-3-1-4-10-30)46-36-21-15-32(16-22-36)27-35-29-34-13-7-8-14-38(34)39(42(35)45)28-33-17-23-37(24-18-33)47-41(44)26-20-31-11-5-2-6-12-31/h1-28H,29H2/b25-19+,26-20+,35-27+,39-28+. The SMILES string of the molecule is O=C(/C=C/c1ccccc1)Oc1ccc(/C=C2\Cc3ccccc3/C(=C\c3ccc(OC(=O)/C=C/c4ccccc4)cc3)C2=O)cc1. The first-order valence-corrected chi connectivity index (χ1v) is 15.2. The van der Waals surface area contributed by atoms with Gasteiger partial charge in [-0.3, -0.25) is 4.79 Å². The number of benzene rings is 5. The number of hydrogen-bond acceptors (Lipinski definition) is 5. The number of Topliss-reactive ketones (excluding diaryl/α,β-unsaturated/α-hetero) is 1. The second-order valence-electron chi connectivity index (χ2n) is 10.9. The van der Waals surface area contributed by atoms with E-state index in [0.717, 1.165) is 33.4 Å². The largest absolute Gasteiger partial charge is 0.423 e. The zero-order valence-corrected chi connectivity index (χ0v) is 25.4. The highest BCUT2D eigenvalue weighted by molar-refractivity contribution is 6.35. The molecule has 0 bridgehead atoms. The minimum absolute atomic E-state index is 0.0631. The molecular formula is C42H30O5. The van der Waals surface area contributed by atoms with E-state index in [4.69, 9.17) is 9.47 Å². The molecule has 0 fully saturated rings. The van der Waals surface area contributed by atoms with Crippen LogP contribution in [0.2, 0.25) is 0 Å². The van der Waals surface area contributed by atoms with Gasteiger partial charge in [-0.2, -0.15) is 0 Å². The number of carbonyl (C=O) groups is 3. The van der Waals surface area contributed by atoms with Crippen molar-refractivity contribution in [2.45, 2.75) is 6.42 Å². The maximum Gasteiger partial charge on any atom is 0.336 e. The Labute approximate surface area is 273 Å². The average molecular weight is 615 g/mol. The minimum atomic E-state index is -0.475. The van der Waals surface area contributed by atoms with Crippen molar-refractivity contribution >= 4 is 47.6 Å². The summed E-state index contributed by atoms with van der Waals surface area (Å²) in [4.78, 5) is 38.4. The fourth-order valence-electron chi connectivity index (χ4n) is 5.17. The third-order valence-corrected chi connectivity index (χ3v) is 7.50. The van der Waals surface area contributed by atoms with E-state index in [2.05, 4.69) is 0 Å². The molecule has 0 aliphatic heterocycles. The van der Waals surface area contributed by atoms with Crippen LogP contribution in [0, 0.1) is 0 Å². The lowest BCUT2D eigenvalue weighted by atomic mass is 9.81. The highest BCUT2D eigenvalue weighted by Crippen LogP contribution is 2.34. The number of ketones is 1. The van der Waals surface area contributed by atoms with E-state index in [1.165, 1.54) is 12.2 Å². The Morgan fingerprint density at radius 3 is 1.51 bits per heavy atom. The number of allylic oxidation sites excluding steroid dienone is 2. The molecule has 47 heavy (non-hydrogen) atoms. The molecule has 0 saturated heterocycles. The van der Waals surface area contributed by atoms with E-state index in [0.29, 0.717) is 29.1 Å². The first kappa shape index (κ1) is 30.7. The van der Waals surface area contributed by atoms with Gasteiger partial charge in [0, 0.05) is 29.7 Å². The fraction of sp³-hybridized carbons (Fsp3) is 0.0238. The smallest absolute Gasteiger partial charge is 0.336 e. The molecule has 1 aliphatic carbocycles. The zero-order chi connectivity index (χ0) is 32.4. The normalized spacial score (nSPS) is 14.4. The Bertz CT molecular complexity index is 2020. The molecular weight excluding hydrogens is 584 g/mol. The zero-order valence-electron chi connectivity index (χ0n) is 25.4. The van der Waals surface area contributed by atoms with Crippen LogP contribution in [-0.4, -0.2) is 17.7 Å². The molecule has 0 radical (unpaired) electrons. The molecule has 5 heteroatoms. The third kappa shape index (κ3) is 8.24. The lowest BCUT2D eigenvalue weighted by molar-refractivity contribution is -0.129. The molecule has 0 heterocycles. The predicted octanol–water partition coefficient (Wildman–Crippen LogP) is 8.67. The van der Waals surface area contributed by atoms with Crippen molar-refractivity contribution in [1.29, 1.82) is 0 Å². The van der Waals surface area contributed by atoms with Gasteiger partial charge in [0.1, 0.15) is 11.5 Å². The van der Waals surface area contributed by atoms with E-state index in [1.807, 2.05) is 121 Å². The molecule has 0 saturated carbocycles. The summed E-state index contributed by atoms with van der Waals surface area (Å²) in [5, 5.41) is 0. The van der Waals surface area contributed by atoms with Crippen LogP contribution in [0.4, 0.5) is 0 Å². The van der Waals surface area contributed by atoms with E-state index < -0.39 is 11.9 Å². The highest BCUT2D eigenvalue weighted by atomic mass is 16.5. The van der Waals surface area contributed by atoms with Crippen LogP contribution in [0.15, 0.2) is 151 Å². The van der Waals surface area contributed by atoms with Crippen LogP contribution >= 0.6 is 0 Å². The number of ether oxygens (including phenoxy) is 2. The van der Waals surface area contributed by atoms with Gasteiger partial charge in [0.2, 0.25) is 0 Å². The number of rotatable bonds is 8. The average Bonchev–Trinajstić information content (AvgIpc) is 3.11. The lowest BCUT2D eigenvalue weighted by Gasteiger charge is -2.21. The van der Waals surface area contributed by atoms with Gasteiger partial charge in [-0.1, -0.05) is 109 Å². The van der Waals surface area contributed by atoms with Gasteiger partial charge in [-0.15, -0.1) is 0 Å².